The van der Waals surface area contributed by atoms with Crippen LogP contribution in [0.25, 0.3) is 0 Å². The molecule has 2 saturated carbocycles. The number of ether oxygens (including phenoxy) is 2. The highest BCUT2D eigenvalue weighted by atomic mass is 28.4. The Morgan fingerprint density at radius 2 is 1.86 bits per heavy atom. The molecule has 0 aromatic carbocycles. The van der Waals surface area contributed by atoms with Crippen LogP contribution in [0, 0.1) is 29.6 Å². The summed E-state index contributed by atoms with van der Waals surface area (Å²) in [4.78, 5) is 0. The van der Waals surface area contributed by atoms with E-state index >= 15 is 0 Å². The molecular formula is C24H42O4Si. The summed E-state index contributed by atoms with van der Waals surface area (Å²) >= 11 is 0. The van der Waals surface area contributed by atoms with Gasteiger partial charge in [0, 0.05) is 18.3 Å². The van der Waals surface area contributed by atoms with Crippen molar-refractivity contribution in [3.63, 3.8) is 0 Å². The van der Waals surface area contributed by atoms with Crippen LogP contribution in [0.4, 0.5) is 0 Å². The smallest absolute Gasteiger partial charge is 0.193 e. The van der Waals surface area contributed by atoms with Crippen LogP contribution in [-0.4, -0.2) is 44.6 Å². The van der Waals surface area contributed by atoms with E-state index in [-0.39, 0.29) is 23.2 Å². The quantitative estimate of drug-likeness (QED) is 0.352. The van der Waals surface area contributed by atoms with Gasteiger partial charge in [0.25, 0.3) is 0 Å². The van der Waals surface area contributed by atoms with Crippen molar-refractivity contribution >= 4 is 8.32 Å². The maximum absolute atomic E-state index is 10.7. The predicted molar refractivity (Wildman–Crippen MR) is 119 cm³/mol. The van der Waals surface area contributed by atoms with Gasteiger partial charge >= 0.3 is 0 Å². The van der Waals surface area contributed by atoms with Gasteiger partial charge in [-0.25, -0.2) is 0 Å². The van der Waals surface area contributed by atoms with E-state index in [4.69, 9.17) is 13.9 Å². The fraction of sp³-hybridized carbons (Fsp3) is 0.917. The molecule has 2 aliphatic carbocycles. The first-order valence-corrected chi connectivity index (χ1v) is 14.7. The third kappa shape index (κ3) is 4.93. The Morgan fingerprint density at radius 3 is 2.48 bits per heavy atom. The van der Waals surface area contributed by atoms with E-state index in [0.29, 0.717) is 25.0 Å². The minimum Gasteiger partial charge on any atom is -0.403 e. The van der Waals surface area contributed by atoms with Gasteiger partial charge in [0.1, 0.15) is 6.10 Å². The van der Waals surface area contributed by atoms with Crippen LogP contribution in [0.15, 0.2) is 0 Å². The molecule has 5 atom stereocenters. The average Bonchev–Trinajstić information content (AvgIpc) is 3.21. The second kappa shape index (κ2) is 9.00. The zero-order valence-electron chi connectivity index (χ0n) is 19.4. The molecule has 166 valence electrons. The third-order valence-electron chi connectivity index (χ3n) is 7.72. The highest BCUT2D eigenvalue weighted by Crippen LogP contribution is 2.59. The molecule has 4 nitrogen and oxygen atoms in total. The number of aliphatic hydroxyl groups excluding tert-OH is 1. The first-order chi connectivity index (χ1) is 13.6. The Hall–Kier alpha value is -0.383. The van der Waals surface area contributed by atoms with Crippen molar-refractivity contribution in [2.45, 2.75) is 109 Å². The van der Waals surface area contributed by atoms with E-state index in [0.717, 1.165) is 25.7 Å². The van der Waals surface area contributed by atoms with Crippen LogP contribution in [0.5, 0.6) is 0 Å². The van der Waals surface area contributed by atoms with Gasteiger partial charge in [-0.1, -0.05) is 58.8 Å². The molecule has 5 heteroatoms. The molecule has 1 aliphatic heterocycles. The second-order valence-electron chi connectivity index (χ2n) is 10.8. The topological polar surface area (TPSA) is 47.9 Å². The Bertz CT molecular complexity index is 609. The lowest BCUT2D eigenvalue weighted by Gasteiger charge is -2.48. The zero-order chi connectivity index (χ0) is 21.3. The number of hydrogen-bond acceptors (Lipinski definition) is 4. The summed E-state index contributed by atoms with van der Waals surface area (Å²) in [6.07, 6.45) is 7.12. The van der Waals surface area contributed by atoms with Crippen molar-refractivity contribution in [3.8, 4) is 11.8 Å². The summed E-state index contributed by atoms with van der Waals surface area (Å²) in [6, 6.07) is 0. The van der Waals surface area contributed by atoms with Gasteiger partial charge in [-0.05, 0) is 43.3 Å². The van der Waals surface area contributed by atoms with Crippen molar-refractivity contribution in [2.24, 2.45) is 17.8 Å². The molecule has 3 aliphatic rings. The first kappa shape index (κ1) is 23.3. The molecule has 0 radical (unpaired) electrons. The standard InChI is InChI=1S/C24H42O4Si/c1-7-8-9-10-11-18(28-29(5,6)23(2,3)4)12-13-19-20-17-24(26-14-15-27-24)21(20)16-22(19)25/h18-22,25H,7-11,14-17H2,1-6H3. The van der Waals surface area contributed by atoms with E-state index in [2.05, 4.69) is 52.6 Å². The van der Waals surface area contributed by atoms with E-state index in [9.17, 15) is 5.11 Å². The van der Waals surface area contributed by atoms with Crippen molar-refractivity contribution in [1.82, 2.24) is 0 Å². The Morgan fingerprint density at radius 1 is 1.17 bits per heavy atom. The first-order valence-electron chi connectivity index (χ1n) is 11.7. The van der Waals surface area contributed by atoms with Crippen LogP contribution < -0.4 is 0 Å². The molecule has 1 spiro atoms. The van der Waals surface area contributed by atoms with Crippen molar-refractivity contribution in [2.75, 3.05) is 13.2 Å². The molecule has 1 heterocycles. The minimum absolute atomic E-state index is 0.0213. The average molecular weight is 423 g/mol. The largest absolute Gasteiger partial charge is 0.403 e. The lowest BCUT2D eigenvalue weighted by atomic mass is 9.67. The van der Waals surface area contributed by atoms with E-state index in [1.54, 1.807) is 0 Å². The van der Waals surface area contributed by atoms with Gasteiger partial charge in [0.15, 0.2) is 14.1 Å². The number of hydrogen-bond donors (Lipinski definition) is 1. The summed E-state index contributed by atoms with van der Waals surface area (Å²) in [5.41, 5.74) is 0. The normalized spacial score (nSPS) is 31.8. The Balaban J connectivity index is 1.67. The van der Waals surface area contributed by atoms with Crippen molar-refractivity contribution in [1.29, 1.82) is 0 Å². The van der Waals surface area contributed by atoms with Crippen LogP contribution in [0.1, 0.15) is 72.6 Å². The maximum Gasteiger partial charge on any atom is 0.193 e. The fourth-order valence-electron chi connectivity index (χ4n) is 4.86. The molecule has 0 aromatic rings. The molecule has 3 fully saturated rings. The monoisotopic (exact) mass is 422 g/mol. The molecule has 0 aromatic heterocycles. The Labute approximate surface area is 179 Å². The van der Waals surface area contributed by atoms with Gasteiger partial charge in [0.05, 0.1) is 19.3 Å². The van der Waals surface area contributed by atoms with Crippen LogP contribution >= 0.6 is 0 Å². The maximum atomic E-state index is 10.7. The highest BCUT2D eigenvalue weighted by Gasteiger charge is 2.64. The van der Waals surface area contributed by atoms with Crippen LogP contribution in [0.2, 0.25) is 18.1 Å². The lowest BCUT2D eigenvalue weighted by Crippen LogP contribution is -2.53. The van der Waals surface area contributed by atoms with Crippen molar-refractivity contribution in [3.05, 3.63) is 0 Å². The fourth-order valence-corrected chi connectivity index (χ4v) is 6.10. The SMILES string of the molecule is CCCCCCC(C#CC1C(O)CC2C1CC21OCCO1)O[Si](C)(C)C(C)(C)C. The summed E-state index contributed by atoms with van der Waals surface area (Å²) in [7, 11) is -1.88. The number of aliphatic hydroxyl groups is 1. The molecule has 0 amide bonds. The summed E-state index contributed by atoms with van der Waals surface area (Å²) in [6.45, 7) is 15.0. The molecule has 29 heavy (non-hydrogen) atoms. The predicted octanol–water partition coefficient (Wildman–Crippen LogP) is 5.11. The molecule has 5 unspecified atom stereocenters. The number of unbranched alkanes of at least 4 members (excludes halogenated alkanes) is 3. The summed E-state index contributed by atoms with van der Waals surface area (Å²) in [5, 5.41) is 10.9. The Kier molecular flexibility index (Phi) is 7.23. The molecule has 3 rings (SSSR count). The number of rotatable bonds is 7. The van der Waals surface area contributed by atoms with Crippen LogP contribution in [-0.2, 0) is 13.9 Å². The van der Waals surface area contributed by atoms with Crippen molar-refractivity contribution < 1.29 is 19.0 Å². The molecule has 0 bridgehead atoms. The highest BCUT2D eigenvalue weighted by molar-refractivity contribution is 6.74. The minimum atomic E-state index is -1.88. The van der Waals surface area contributed by atoms with Gasteiger partial charge in [-0.2, -0.15) is 0 Å². The molecule has 1 N–H and O–H groups in total. The summed E-state index contributed by atoms with van der Waals surface area (Å²) in [5.74, 6) is 7.25. The zero-order valence-corrected chi connectivity index (χ0v) is 20.4. The lowest BCUT2D eigenvalue weighted by molar-refractivity contribution is -0.270. The summed E-state index contributed by atoms with van der Waals surface area (Å²) < 4.78 is 18.5. The third-order valence-corrected chi connectivity index (χ3v) is 12.2. The van der Waals surface area contributed by atoms with E-state index < -0.39 is 14.1 Å². The second-order valence-corrected chi connectivity index (χ2v) is 15.6. The molecule has 1 saturated heterocycles. The molecular weight excluding hydrogens is 380 g/mol. The van der Waals surface area contributed by atoms with E-state index in [1.807, 2.05) is 0 Å². The van der Waals surface area contributed by atoms with Gasteiger partial charge in [-0.3, -0.25) is 0 Å². The van der Waals surface area contributed by atoms with Gasteiger partial charge < -0.3 is 19.0 Å². The van der Waals surface area contributed by atoms with Gasteiger partial charge in [0.2, 0.25) is 0 Å². The van der Waals surface area contributed by atoms with Crippen LogP contribution in [0.3, 0.4) is 0 Å². The number of fused-ring (bicyclic) bond motifs is 2. The van der Waals surface area contributed by atoms with Gasteiger partial charge in [-0.15, -0.1) is 0 Å². The van der Waals surface area contributed by atoms with E-state index in [1.165, 1.54) is 19.3 Å².